The summed E-state index contributed by atoms with van der Waals surface area (Å²) in [7, 11) is 0. The van der Waals surface area contributed by atoms with Crippen molar-refractivity contribution < 1.29 is 9.59 Å². The van der Waals surface area contributed by atoms with Gasteiger partial charge in [0.25, 0.3) is 11.5 Å². The number of benzene rings is 3. The third kappa shape index (κ3) is 4.00. The number of Topliss-reactive ketones (excluding diaryl/α,β-unsaturated/α-hetero) is 1. The van der Waals surface area contributed by atoms with Gasteiger partial charge in [0.2, 0.25) is 0 Å². The van der Waals surface area contributed by atoms with E-state index in [9.17, 15) is 14.4 Å². The number of carbonyl (C=O) groups excluding carboxylic acids is 2. The van der Waals surface area contributed by atoms with Gasteiger partial charge in [-0.1, -0.05) is 41.6 Å². The van der Waals surface area contributed by atoms with Crippen LogP contribution in [0.4, 0.5) is 5.69 Å². The number of carbonyl (C=O) groups is 2. The fraction of sp³-hybridized carbons (Fsp3) is 0.0870. The fourth-order valence-corrected chi connectivity index (χ4v) is 3.08. The van der Waals surface area contributed by atoms with Gasteiger partial charge < -0.3 is 5.32 Å². The van der Waals surface area contributed by atoms with Crippen LogP contribution in [0.25, 0.3) is 10.9 Å². The Hall–Kier alpha value is -4.13. The zero-order valence-electron chi connectivity index (χ0n) is 16.2. The predicted octanol–water partition coefficient (Wildman–Crippen LogP) is 3.29. The zero-order valence-corrected chi connectivity index (χ0v) is 16.2. The van der Waals surface area contributed by atoms with Crippen molar-refractivity contribution in [2.75, 3.05) is 5.32 Å². The summed E-state index contributed by atoms with van der Waals surface area (Å²) < 4.78 is 1.30. The molecular weight excluding hydrogens is 380 g/mol. The van der Waals surface area contributed by atoms with Gasteiger partial charge in [-0.2, -0.15) is 0 Å². The third-order valence-corrected chi connectivity index (χ3v) is 4.70. The van der Waals surface area contributed by atoms with Crippen LogP contribution in [0, 0.1) is 0 Å². The third-order valence-electron chi connectivity index (χ3n) is 4.70. The number of aromatic nitrogens is 3. The second-order valence-electron chi connectivity index (χ2n) is 6.86. The van der Waals surface area contributed by atoms with E-state index in [4.69, 9.17) is 0 Å². The molecule has 1 amide bonds. The summed E-state index contributed by atoms with van der Waals surface area (Å²) in [6, 6.07) is 20.7. The Morgan fingerprint density at radius 2 is 1.70 bits per heavy atom. The van der Waals surface area contributed by atoms with Gasteiger partial charge in [-0.15, -0.1) is 5.10 Å². The topological polar surface area (TPSA) is 93.9 Å². The minimum Gasteiger partial charge on any atom is -0.322 e. The molecule has 0 aliphatic heterocycles. The molecule has 7 heteroatoms. The molecule has 0 unspecified atom stereocenters. The van der Waals surface area contributed by atoms with Crippen molar-refractivity contribution in [3.8, 4) is 0 Å². The number of nitrogens with zero attached hydrogens (tertiary/aromatic N) is 3. The smallest absolute Gasteiger partial charge is 0.277 e. The molecule has 0 fully saturated rings. The van der Waals surface area contributed by atoms with Crippen LogP contribution >= 0.6 is 0 Å². The van der Waals surface area contributed by atoms with E-state index in [-0.39, 0.29) is 23.8 Å². The maximum absolute atomic E-state index is 12.6. The predicted molar refractivity (Wildman–Crippen MR) is 114 cm³/mol. The summed E-state index contributed by atoms with van der Waals surface area (Å²) in [5.41, 5.74) is 2.70. The lowest BCUT2D eigenvalue weighted by Gasteiger charge is -2.08. The van der Waals surface area contributed by atoms with Gasteiger partial charge >= 0.3 is 0 Å². The number of fused-ring (bicyclic) bond motifs is 1. The quantitative estimate of drug-likeness (QED) is 0.521. The van der Waals surface area contributed by atoms with E-state index in [1.165, 1.54) is 11.6 Å². The van der Waals surface area contributed by atoms with Crippen LogP contribution in [-0.2, 0) is 6.54 Å². The van der Waals surface area contributed by atoms with E-state index in [2.05, 4.69) is 15.6 Å². The van der Waals surface area contributed by atoms with Gasteiger partial charge in [-0.3, -0.25) is 14.4 Å². The second kappa shape index (κ2) is 8.08. The van der Waals surface area contributed by atoms with E-state index < -0.39 is 0 Å². The maximum atomic E-state index is 12.6. The highest BCUT2D eigenvalue weighted by molar-refractivity contribution is 6.05. The first-order chi connectivity index (χ1) is 14.5. The molecule has 1 heterocycles. The van der Waals surface area contributed by atoms with Crippen LogP contribution in [0.3, 0.4) is 0 Å². The maximum Gasteiger partial charge on any atom is 0.277 e. The summed E-state index contributed by atoms with van der Waals surface area (Å²) in [5.74, 6) is -0.354. The van der Waals surface area contributed by atoms with Crippen molar-refractivity contribution in [3.05, 3.63) is 99.8 Å². The van der Waals surface area contributed by atoms with Crippen LogP contribution in [-0.4, -0.2) is 26.7 Å². The number of ketones is 1. The zero-order chi connectivity index (χ0) is 21.1. The highest BCUT2D eigenvalue weighted by atomic mass is 16.2. The Labute approximate surface area is 172 Å². The molecular formula is C23H18N4O3. The first kappa shape index (κ1) is 19.2. The monoisotopic (exact) mass is 398 g/mol. The Balaban J connectivity index is 1.50. The van der Waals surface area contributed by atoms with E-state index in [0.717, 1.165) is 5.56 Å². The molecule has 4 rings (SSSR count). The Bertz CT molecular complexity index is 1310. The summed E-state index contributed by atoms with van der Waals surface area (Å²) in [5, 5.41) is 11.4. The van der Waals surface area contributed by atoms with Gasteiger partial charge in [-0.05, 0) is 48.9 Å². The molecule has 0 atom stereocenters. The van der Waals surface area contributed by atoms with E-state index in [0.29, 0.717) is 27.7 Å². The van der Waals surface area contributed by atoms with Crippen LogP contribution in [0.1, 0.15) is 33.2 Å². The van der Waals surface area contributed by atoms with Gasteiger partial charge in [0.05, 0.1) is 11.9 Å². The van der Waals surface area contributed by atoms with E-state index in [1.54, 1.807) is 72.8 Å². The number of hydrogen-bond donors (Lipinski definition) is 1. The van der Waals surface area contributed by atoms with Crippen LogP contribution in [0.15, 0.2) is 77.6 Å². The Morgan fingerprint density at radius 3 is 2.47 bits per heavy atom. The number of hydrogen-bond acceptors (Lipinski definition) is 5. The van der Waals surface area contributed by atoms with E-state index in [1.807, 2.05) is 0 Å². The largest absolute Gasteiger partial charge is 0.322 e. The first-order valence-electron chi connectivity index (χ1n) is 9.35. The minimum absolute atomic E-state index is 0.0671. The average molecular weight is 398 g/mol. The van der Waals surface area contributed by atoms with E-state index >= 15 is 0 Å². The van der Waals surface area contributed by atoms with Crippen LogP contribution in [0.2, 0.25) is 0 Å². The van der Waals surface area contributed by atoms with Crippen LogP contribution in [0.5, 0.6) is 0 Å². The molecule has 4 aromatic rings. The molecule has 30 heavy (non-hydrogen) atoms. The molecule has 0 aliphatic carbocycles. The highest BCUT2D eigenvalue weighted by Gasteiger charge is 2.09. The van der Waals surface area contributed by atoms with Gasteiger partial charge in [-0.25, -0.2) is 4.68 Å². The van der Waals surface area contributed by atoms with Crippen molar-refractivity contribution in [2.24, 2.45) is 0 Å². The first-order valence-corrected chi connectivity index (χ1v) is 9.35. The van der Waals surface area contributed by atoms with Gasteiger partial charge in [0.1, 0.15) is 5.52 Å². The normalized spacial score (nSPS) is 10.7. The molecule has 0 saturated carbocycles. The molecule has 0 bridgehead atoms. The molecule has 0 radical (unpaired) electrons. The van der Waals surface area contributed by atoms with Gasteiger partial charge in [0.15, 0.2) is 5.78 Å². The second-order valence-corrected chi connectivity index (χ2v) is 6.86. The molecule has 7 nitrogen and oxygen atoms in total. The number of nitrogens with one attached hydrogen (secondary N) is 1. The molecule has 148 valence electrons. The molecule has 0 spiro atoms. The van der Waals surface area contributed by atoms with Crippen molar-refractivity contribution in [1.82, 2.24) is 15.0 Å². The fourth-order valence-electron chi connectivity index (χ4n) is 3.08. The summed E-state index contributed by atoms with van der Waals surface area (Å²) in [6.07, 6.45) is 0. The molecule has 1 aromatic heterocycles. The molecule has 1 N–H and O–H groups in total. The lowest BCUT2D eigenvalue weighted by molar-refractivity contribution is 0.101. The van der Waals surface area contributed by atoms with Gasteiger partial charge in [0, 0.05) is 16.8 Å². The van der Waals surface area contributed by atoms with Crippen molar-refractivity contribution in [3.63, 3.8) is 0 Å². The standard InChI is InChI=1S/C23H18N4O3/c1-15(28)18-5-4-6-19(13-18)24-22(29)17-11-9-16(10-12-17)14-27-23(30)20-7-2-3-8-21(20)25-26-27/h2-13H,14H2,1H3,(H,24,29). The number of anilines is 1. The molecule has 0 saturated heterocycles. The number of rotatable bonds is 5. The Morgan fingerprint density at radius 1 is 0.933 bits per heavy atom. The highest BCUT2D eigenvalue weighted by Crippen LogP contribution is 2.14. The summed E-state index contributed by atoms with van der Waals surface area (Å²) >= 11 is 0. The molecule has 0 aliphatic rings. The Kier molecular flexibility index (Phi) is 5.17. The number of amides is 1. The lowest BCUT2D eigenvalue weighted by atomic mass is 10.1. The SMILES string of the molecule is CC(=O)c1cccc(NC(=O)c2ccc(Cn3nnc4ccccc4c3=O)cc2)c1. The summed E-state index contributed by atoms with van der Waals surface area (Å²) in [6.45, 7) is 1.73. The van der Waals surface area contributed by atoms with Crippen molar-refractivity contribution in [1.29, 1.82) is 0 Å². The average Bonchev–Trinajstić information content (AvgIpc) is 2.76. The van der Waals surface area contributed by atoms with Crippen LogP contribution < -0.4 is 10.9 Å². The molecule has 3 aromatic carbocycles. The van der Waals surface area contributed by atoms with Crippen molar-refractivity contribution >= 4 is 28.3 Å². The summed E-state index contributed by atoms with van der Waals surface area (Å²) in [4.78, 5) is 36.5. The minimum atomic E-state index is -0.287. The van der Waals surface area contributed by atoms with Crippen molar-refractivity contribution in [2.45, 2.75) is 13.5 Å². The lowest BCUT2D eigenvalue weighted by Crippen LogP contribution is -2.24.